The van der Waals surface area contributed by atoms with E-state index in [-0.39, 0.29) is 11.6 Å². The predicted octanol–water partition coefficient (Wildman–Crippen LogP) is 2.67. The van der Waals surface area contributed by atoms with Gasteiger partial charge in [0, 0.05) is 19.3 Å². The van der Waals surface area contributed by atoms with Crippen LogP contribution in [0, 0.1) is 0 Å². The molecule has 0 aliphatic rings. The van der Waals surface area contributed by atoms with Crippen LogP contribution in [0.1, 0.15) is 46.5 Å². The van der Waals surface area contributed by atoms with Crippen molar-refractivity contribution in [2.45, 2.75) is 46.5 Å². The van der Waals surface area contributed by atoms with E-state index in [1.165, 1.54) is 0 Å². The third-order valence-electron chi connectivity index (χ3n) is 2.03. The van der Waals surface area contributed by atoms with Crippen LogP contribution in [-0.2, 0) is 9.59 Å². The van der Waals surface area contributed by atoms with Gasteiger partial charge in [-0.2, -0.15) is 0 Å². The first kappa shape index (κ1) is 12.1. The number of carbonyl (C=O) groups is 2. The van der Waals surface area contributed by atoms with Crippen LogP contribution < -0.4 is 0 Å². The normalized spacial score (nSPS) is 11.5. The topological polar surface area (TPSA) is 34.1 Å². The van der Waals surface area contributed by atoms with Crippen molar-refractivity contribution in [3.05, 3.63) is 11.6 Å². The molecule has 2 heteroatoms. The fourth-order valence-electron chi connectivity index (χ4n) is 1.01. The molecule has 13 heavy (non-hydrogen) atoms. The minimum atomic E-state index is 0.0898. The molecule has 0 amide bonds. The lowest BCUT2D eigenvalue weighted by Gasteiger charge is -1.99. The SMILES string of the molecule is CC=C(C)C(=O)CCC(=O)CCC. The summed E-state index contributed by atoms with van der Waals surface area (Å²) in [6.07, 6.45) is 4.03. The molecule has 0 heterocycles. The van der Waals surface area contributed by atoms with Gasteiger partial charge in [-0.25, -0.2) is 0 Å². The third kappa shape index (κ3) is 5.34. The highest BCUT2D eigenvalue weighted by molar-refractivity contribution is 5.96. The van der Waals surface area contributed by atoms with Gasteiger partial charge >= 0.3 is 0 Å². The summed E-state index contributed by atoms with van der Waals surface area (Å²) in [4.78, 5) is 22.3. The maximum Gasteiger partial charge on any atom is 0.158 e. The van der Waals surface area contributed by atoms with Gasteiger partial charge in [-0.15, -0.1) is 0 Å². The zero-order chi connectivity index (χ0) is 10.3. The van der Waals surface area contributed by atoms with Gasteiger partial charge < -0.3 is 0 Å². The summed E-state index contributed by atoms with van der Waals surface area (Å²) in [5, 5.41) is 0. The summed E-state index contributed by atoms with van der Waals surface area (Å²) in [7, 11) is 0. The van der Waals surface area contributed by atoms with Crippen LogP contribution in [0.25, 0.3) is 0 Å². The molecule has 0 saturated heterocycles. The Labute approximate surface area is 80.0 Å². The second kappa shape index (κ2) is 6.58. The first-order valence-electron chi connectivity index (χ1n) is 4.79. The zero-order valence-corrected chi connectivity index (χ0v) is 8.72. The molecule has 0 aromatic heterocycles. The minimum absolute atomic E-state index is 0.0898. The molecule has 0 fully saturated rings. The third-order valence-corrected chi connectivity index (χ3v) is 2.03. The first-order valence-corrected chi connectivity index (χ1v) is 4.79. The molecule has 0 aliphatic carbocycles. The number of Topliss-reactive ketones (excluding diaryl/α,β-unsaturated/α-hetero) is 2. The number of allylic oxidation sites excluding steroid dienone is 2. The molecule has 0 aromatic carbocycles. The van der Waals surface area contributed by atoms with Crippen molar-refractivity contribution in [2.24, 2.45) is 0 Å². The molecular weight excluding hydrogens is 164 g/mol. The Kier molecular flexibility index (Phi) is 6.11. The van der Waals surface area contributed by atoms with Crippen molar-refractivity contribution in [1.82, 2.24) is 0 Å². The maximum absolute atomic E-state index is 11.3. The minimum Gasteiger partial charge on any atom is -0.300 e. The molecular formula is C11H18O2. The predicted molar refractivity (Wildman–Crippen MR) is 53.6 cm³/mol. The summed E-state index contributed by atoms with van der Waals surface area (Å²) >= 11 is 0. The highest BCUT2D eigenvalue weighted by atomic mass is 16.1. The van der Waals surface area contributed by atoms with Gasteiger partial charge in [0.15, 0.2) is 5.78 Å². The highest BCUT2D eigenvalue weighted by Gasteiger charge is 2.06. The molecule has 0 N–H and O–H groups in total. The van der Waals surface area contributed by atoms with E-state index >= 15 is 0 Å². The van der Waals surface area contributed by atoms with Crippen LogP contribution >= 0.6 is 0 Å². The van der Waals surface area contributed by atoms with Crippen molar-refractivity contribution in [3.63, 3.8) is 0 Å². The van der Waals surface area contributed by atoms with Crippen LogP contribution in [0.2, 0.25) is 0 Å². The van der Waals surface area contributed by atoms with Gasteiger partial charge in [0.2, 0.25) is 0 Å². The summed E-state index contributed by atoms with van der Waals surface area (Å²) in [5.74, 6) is 0.284. The van der Waals surface area contributed by atoms with Crippen LogP contribution in [0.4, 0.5) is 0 Å². The molecule has 0 atom stereocenters. The Morgan fingerprint density at radius 3 is 2.23 bits per heavy atom. The van der Waals surface area contributed by atoms with Gasteiger partial charge in [0.1, 0.15) is 5.78 Å². The summed E-state index contributed by atoms with van der Waals surface area (Å²) in [6.45, 7) is 5.59. The van der Waals surface area contributed by atoms with Crippen molar-refractivity contribution >= 4 is 11.6 Å². The molecule has 0 bridgehead atoms. The Balaban J connectivity index is 3.77. The molecule has 0 radical (unpaired) electrons. The lowest BCUT2D eigenvalue weighted by atomic mass is 10.0. The van der Waals surface area contributed by atoms with Crippen LogP contribution in [0.15, 0.2) is 11.6 Å². The van der Waals surface area contributed by atoms with Crippen molar-refractivity contribution in [2.75, 3.05) is 0 Å². The molecule has 0 saturated carbocycles. The van der Waals surface area contributed by atoms with E-state index in [0.717, 1.165) is 12.0 Å². The fraction of sp³-hybridized carbons (Fsp3) is 0.636. The van der Waals surface area contributed by atoms with Gasteiger partial charge in [-0.05, 0) is 25.8 Å². The van der Waals surface area contributed by atoms with E-state index in [0.29, 0.717) is 19.3 Å². The summed E-state index contributed by atoms with van der Waals surface area (Å²) < 4.78 is 0. The first-order chi connectivity index (χ1) is 6.11. The number of carbonyl (C=O) groups excluding carboxylic acids is 2. The van der Waals surface area contributed by atoms with E-state index in [4.69, 9.17) is 0 Å². The largest absolute Gasteiger partial charge is 0.300 e. The number of hydrogen-bond acceptors (Lipinski definition) is 2. The van der Waals surface area contributed by atoms with E-state index in [1.54, 1.807) is 13.0 Å². The van der Waals surface area contributed by atoms with E-state index in [2.05, 4.69) is 0 Å². The number of rotatable bonds is 6. The van der Waals surface area contributed by atoms with Gasteiger partial charge in [0.05, 0.1) is 0 Å². The summed E-state index contributed by atoms with van der Waals surface area (Å²) in [6, 6.07) is 0. The van der Waals surface area contributed by atoms with Crippen molar-refractivity contribution in [3.8, 4) is 0 Å². The second-order valence-corrected chi connectivity index (χ2v) is 3.18. The Bertz CT molecular complexity index is 214. The van der Waals surface area contributed by atoms with Crippen LogP contribution in [-0.4, -0.2) is 11.6 Å². The second-order valence-electron chi connectivity index (χ2n) is 3.18. The lowest BCUT2D eigenvalue weighted by molar-refractivity contribution is -0.122. The maximum atomic E-state index is 11.3. The lowest BCUT2D eigenvalue weighted by Crippen LogP contribution is -2.04. The molecule has 74 valence electrons. The van der Waals surface area contributed by atoms with E-state index in [9.17, 15) is 9.59 Å². The molecule has 0 rings (SSSR count). The van der Waals surface area contributed by atoms with Gasteiger partial charge in [-0.3, -0.25) is 9.59 Å². The summed E-state index contributed by atoms with van der Waals surface area (Å²) in [5.41, 5.74) is 0.754. The van der Waals surface area contributed by atoms with Crippen molar-refractivity contribution < 1.29 is 9.59 Å². The van der Waals surface area contributed by atoms with Crippen LogP contribution in [0.3, 0.4) is 0 Å². The quantitative estimate of drug-likeness (QED) is 0.592. The molecule has 0 spiro atoms. The average molecular weight is 182 g/mol. The monoisotopic (exact) mass is 182 g/mol. The Morgan fingerprint density at radius 1 is 1.15 bits per heavy atom. The number of hydrogen-bond donors (Lipinski definition) is 0. The standard InChI is InChI=1S/C11H18O2/c1-4-6-10(12)7-8-11(13)9(3)5-2/h5H,4,6-8H2,1-3H3. The van der Waals surface area contributed by atoms with E-state index < -0.39 is 0 Å². The molecule has 0 unspecified atom stereocenters. The average Bonchev–Trinajstić information content (AvgIpc) is 2.13. The smallest absolute Gasteiger partial charge is 0.158 e. The highest BCUT2D eigenvalue weighted by Crippen LogP contribution is 2.04. The molecule has 0 aromatic rings. The van der Waals surface area contributed by atoms with E-state index in [1.807, 2.05) is 13.8 Å². The molecule has 2 nitrogen and oxygen atoms in total. The number of ketones is 2. The fourth-order valence-corrected chi connectivity index (χ4v) is 1.01. The zero-order valence-electron chi connectivity index (χ0n) is 8.72. The van der Waals surface area contributed by atoms with Crippen molar-refractivity contribution in [1.29, 1.82) is 0 Å². The Morgan fingerprint density at radius 2 is 1.77 bits per heavy atom. The molecule has 0 aliphatic heterocycles. The van der Waals surface area contributed by atoms with Gasteiger partial charge in [0.25, 0.3) is 0 Å². The van der Waals surface area contributed by atoms with Crippen LogP contribution in [0.5, 0.6) is 0 Å². The van der Waals surface area contributed by atoms with Gasteiger partial charge in [-0.1, -0.05) is 13.0 Å². The Hall–Kier alpha value is -0.920.